The molecule has 5 rings (SSSR count). The maximum absolute atomic E-state index is 12.6. The molecule has 2 aromatic rings. The molecule has 2 aliphatic carbocycles. The molecule has 1 aliphatic heterocycles. The highest BCUT2D eigenvalue weighted by Gasteiger charge is 2.60. The number of carbonyl (C=O) groups is 1. The Bertz CT molecular complexity index is 1100. The van der Waals surface area contributed by atoms with E-state index in [0.717, 1.165) is 56.8 Å². The minimum Gasteiger partial charge on any atom is -0.484 e. The number of hydrogen-bond acceptors (Lipinski definition) is 5. The highest BCUT2D eigenvalue weighted by atomic mass is 16.5. The number of aliphatic hydroxyl groups is 2. The molecule has 1 amide bonds. The van der Waals surface area contributed by atoms with Gasteiger partial charge in [-0.1, -0.05) is 43.3 Å². The van der Waals surface area contributed by atoms with Crippen LogP contribution in [-0.2, 0) is 22.2 Å². The highest BCUT2D eigenvalue weighted by Crippen LogP contribution is 2.60. The number of hydrogen-bond donors (Lipinski definition) is 2. The summed E-state index contributed by atoms with van der Waals surface area (Å²) in [5, 5.41) is 23.6. The Balaban J connectivity index is 1.36. The molecule has 6 heteroatoms. The summed E-state index contributed by atoms with van der Waals surface area (Å²) in [4.78, 5) is 16.7. The Kier molecular flexibility index (Phi) is 6.64. The maximum Gasteiger partial charge on any atom is 0.260 e. The fourth-order valence-corrected chi connectivity index (χ4v) is 7.09. The summed E-state index contributed by atoms with van der Waals surface area (Å²) in [6.45, 7) is 7.34. The number of nitrogens with zero attached hydrogens (tertiary/aromatic N) is 2. The first-order valence-electron chi connectivity index (χ1n) is 13.4. The van der Waals surface area contributed by atoms with E-state index in [1.807, 2.05) is 41.3 Å². The second-order valence-corrected chi connectivity index (χ2v) is 11.4. The lowest BCUT2D eigenvalue weighted by molar-refractivity contribution is -0.205. The molecule has 3 aliphatic rings. The van der Waals surface area contributed by atoms with E-state index < -0.39 is 11.2 Å². The summed E-state index contributed by atoms with van der Waals surface area (Å²) in [6, 6.07) is 15.9. The number of ether oxygens (including phenoxy) is 1. The maximum atomic E-state index is 12.6. The Hall–Kier alpha value is -2.41. The molecule has 4 unspecified atom stereocenters. The molecule has 1 heterocycles. The second-order valence-electron chi connectivity index (χ2n) is 11.4. The van der Waals surface area contributed by atoms with E-state index in [9.17, 15) is 15.0 Å². The lowest BCUT2D eigenvalue weighted by atomic mass is 9.49. The predicted octanol–water partition coefficient (Wildman–Crippen LogP) is 3.48. The minimum atomic E-state index is -1.28. The summed E-state index contributed by atoms with van der Waals surface area (Å²) in [5.41, 5.74) is 0.542. The third-order valence-corrected chi connectivity index (χ3v) is 9.35. The second kappa shape index (κ2) is 9.47. The molecule has 0 bridgehead atoms. The zero-order chi connectivity index (χ0) is 25.6. The van der Waals surface area contributed by atoms with Gasteiger partial charge in [-0.05, 0) is 80.8 Å². The molecule has 194 valence electrons. The van der Waals surface area contributed by atoms with Gasteiger partial charge in [0.05, 0.1) is 5.60 Å². The van der Waals surface area contributed by atoms with E-state index in [1.54, 1.807) is 6.92 Å². The molecular formula is C30H40N2O4. The van der Waals surface area contributed by atoms with Crippen molar-refractivity contribution in [3.63, 3.8) is 0 Å². The van der Waals surface area contributed by atoms with Crippen LogP contribution < -0.4 is 4.74 Å². The quantitative estimate of drug-likeness (QED) is 0.669. The summed E-state index contributed by atoms with van der Waals surface area (Å²) in [7, 11) is 2.08. The Labute approximate surface area is 214 Å². The van der Waals surface area contributed by atoms with E-state index in [-0.39, 0.29) is 23.8 Å². The van der Waals surface area contributed by atoms with Gasteiger partial charge in [-0.25, -0.2) is 0 Å². The van der Waals surface area contributed by atoms with Gasteiger partial charge >= 0.3 is 0 Å². The van der Waals surface area contributed by atoms with Crippen molar-refractivity contribution in [2.45, 2.75) is 62.6 Å². The van der Waals surface area contributed by atoms with Gasteiger partial charge in [-0.15, -0.1) is 0 Å². The fraction of sp³-hybridized carbons (Fsp3) is 0.567. The highest BCUT2D eigenvalue weighted by molar-refractivity contribution is 5.78. The first-order chi connectivity index (χ1) is 17.2. The van der Waals surface area contributed by atoms with Gasteiger partial charge in [0, 0.05) is 31.6 Å². The van der Waals surface area contributed by atoms with Crippen molar-refractivity contribution in [1.82, 2.24) is 9.80 Å². The lowest BCUT2D eigenvalue weighted by Crippen LogP contribution is -2.62. The third-order valence-electron chi connectivity index (χ3n) is 9.35. The number of carbonyl (C=O) groups excluding carboxylic acids is 1. The molecule has 2 fully saturated rings. The van der Waals surface area contributed by atoms with Crippen LogP contribution in [0.5, 0.6) is 5.75 Å². The smallest absolute Gasteiger partial charge is 0.260 e. The third kappa shape index (κ3) is 4.23. The van der Waals surface area contributed by atoms with Crippen LogP contribution in [0.15, 0.2) is 48.5 Å². The van der Waals surface area contributed by atoms with Crippen molar-refractivity contribution in [3.8, 4) is 5.75 Å². The van der Waals surface area contributed by atoms with Crippen LogP contribution in [-0.4, -0.2) is 71.4 Å². The Morgan fingerprint density at radius 1 is 1.08 bits per heavy atom. The first-order valence-corrected chi connectivity index (χ1v) is 13.4. The van der Waals surface area contributed by atoms with Crippen molar-refractivity contribution in [2.24, 2.45) is 5.92 Å². The van der Waals surface area contributed by atoms with Gasteiger partial charge in [0.1, 0.15) is 11.4 Å². The summed E-state index contributed by atoms with van der Waals surface area (Å²) >= 11 is 0. The standard InChI is InChI=1S/C30H40N2O4/c1-4-29-21-28(2,34)30(35,23-8-6-5-7-9-23)19-24(29)11-10-22-18-25(12-13-26(22)29)36-20-27(33)32-16-14-31(3)15-17-32/h5-9,12-13,18,24,34-35H,4,10-11,14-17,19-21H2,1-3H3. The van der Waals surface area contributed by atoms with Crippen LogP contribution >= 0.6 is 0 Å². The van der Waals surface area contributed by atoms with Crippen molar-refractivity contribution in [3.05, 3.63) is 65.2 Å². The van der Waals surface area contributed by atoms with E-state index in [2.05, 4.69) is 31.0 Å². The van der Waals surface area contributed by atoms with E-state index in [0.29, 0.717) is 12.8 Å². The summed E-state index contributed by atoms with van der Waals surface area (Å²) in [6.07, 6.45) is 3.79. The van der Waals surface area contributed by atoms with Crippen molar-refractivity contribution < 1.29 is 19.7 Å². The Morgan fingerprint density at radius 2 is 1.81 bits per heavy atom. The molecular weight excluding hydrogens is 452 g/mol. The Morgan fingerprint density at radius 3 is 2.50 bits per heavy atom. The van der Waals surface area contributed by atoms with Crippen LogP contribution in [0.4, 0.5) is 0 Å². The number of rotatable bonds is 5. The van der Waals surface area contributed by atoms with Crippen molar-refractivity contribution in [2.75, 3.05) is 39.8 Å². The normalized spacial score (nSPS) is 32.5. The van der Waals surface area contributed by atoms with E-state index in [4.69, 9.17) is 4.74 Å². The number of amides is 1. The van der Waals surface area contributed by atoms with Gasteiger partial charge < -0.3 is 24.7 Å². The number of benzene rings is 2. The molecule has 0 spiro atoms. The zero-order valence-corrected chi connectivity index (χ0v) is 21.9. The molecule has 2 aromatic carbocycles. The van der Waals surface area contributed by atoms with Gasteiger partial charge in [0.2, 0.25) is 0 Å². The topological polar surface area (TPSA) is 73.2 Å². The SMILES string of the molecule is CCC12CC(C)(O)C(O)(c3ccccc3)CC1CCc1cc(OCC(=O)N3CCN(C)CC3)ccc12. The molecule has 6 nitrogen and oxygen atoms in total. The number of piperazine rings is 1. The predicted molar refractivity (Wildman–Crippen MR) is 140 cm³/mol. The van der Waals surface area contributed by atoms with Crippen LogP contribution in [0.25, 0.3) is 0 Å². The molecule has 1 saturated carbocycles. The first kappa shape index (κ1) is 25.2. The van der Waals surface area contributed by atoms with Crippen LogP contribution in [0, 0.1) is 5.92 Å². The van der Waals surface area contributed by atoms with Gasteiger partial charge in [-0.2, -0.15) is 0 Å². The zero-order valence-electron chi connectivity index (χ0n) is 21.9. The molecule has 36 heavy (non-hydrogen) atoms. The van der Waals surface area contributed by atoms with Gasteiger partial charge in [-0.3, -0.25) is 4.79 Å². The molecule has 1 saturated heterocycles. The molecule has 0 aromatic heterocycles. The average molecular weight is 493 g/mol. The minimum absolute atomic E-state index is 0.0365. The van der Waals surface area contributed by atoms with Crippen LogP contribution in [0.1, 0.15) is 56.2 Å². The number of fused-ring (bicyclic) bond motifs is 3. The summed E-state index contributed by atoms with van der Waals surface area (Å²) < 4.78 is 5.95. The van der Waals surface area contributed by atoms with E-state index >= 15 is 0 Å². The van der Waals surface area contributed by atoms with Gasteiger partial charge in [0.25, 0.3) is 5.91 Å². The number of likely N-dealkylation sites (N-methyl/N-ethyl adjacent to an activating group) is 1. The van der Waals surface area contributed by atoms with Crippen molar-refractivity contribution >= 4 is 5.91 Å². The summed E-state index contributed by atoms with van der Waals surface area (Å²) in [5.74, 6) is 1.03. The molecule has 0 radical (unpaired) electrons. The monoisotopic (exact) mass is 492 g/mol. The molecule has 4 atom stereocenters. The van der Waals surface area contributed by atoms with E-state index in [1.165, 1.54) is 11.1 Å². The van der Waals surface area contributed by atoms with Crippen LogP contribution in [0.2, 0.25) is 0 Å². The van der Waals surface area contributed by atoms with Gasteiger partial charge in [0.15, 0.2) is 6.61 Å². The average Bonchev–Trinajstić information content (AvgIpc) is 2.88. The van der Waals surface area contributed by atoms with Crippen LogP contribution in [0.3, 0.4) is 0 Å². The largest absolute Gasteiger partial charge is 0.484 e. The van der Waals surface area contributed by atoms with Crippen molar-refractivity contribution in [1.29, 1.82) is 0 Å². The lowest BCUT2D eigenvalue weighted by Gasteiger charge is -2.59. The molecule has 2 N–H and O–H groups in total. The number of aryl methyl sites for hydroxylation is 1. The fourth-order valence-electron chi connectivity index (χ4n) is 7.09.